The Morgan fingerprint density at radius 1 is 1.13 bits per heavy atom. The SMILES string of the molecule is O=C(CCC1CCCCO1)Nc1ccccc1N1CCCCC1. The molecule has 2 saturated heterocycles. The van der Waals surface area contributed by atoms with Crippen molar-refractivity contribution in [2.75, 3.05) is 29.9 Å². The molecule has 3 rings (SSSR count). The van der Waals surface area contributed by atoms with Gasteiger partial charge in [-0.2, -0.15) is 0 Å². The summed E-state index contributed by atoms with van der Waals surface area (Å²) in [6, 6.07) is 8.17. The molecule has 0 aliphatic carbocycles. The molecular formula is C19H28N2O2. The van der Waals surface area contributed by atoms with Crippen LogP contribution in [0.5, 0.6) is 0 Å². The van der Waals surface area contributed by atoms with Crippen LogP contribution >= 0.6 is 0 Å². The lowest BCUT2D eigenvalue weighted by atomic mass is 10.0. The highest BCUT2D eigenvalue weighted by molar-refractivity contribution is 5.94. The molecule has 2 aliphatic rings. The number of carbonyl (C=O) groups is 1. The molecule has 0 radical (unpaired) electrons. The van der Waals surface area contributed by atoms with Crippen LogP contribution in [-0.4, -0.2) is 31.7 Å². The number of rotatable bonds is 5. The first kappa shape index (κ1) is 16.3. The van der Waals surface area contributed by atoms with Crippen molar-refractivity contribution >= 4 is 17.3 Å². The van der Waals surface area contributed by atoms with Crippen LogP contribution in [0.15, 0.2) is 24.3 Å². The van der Waals surface area contributed by atoms with E-state index in [2.05, 4.69) is 22.3 Å². The van der Waals surface area contributed by atoms with E-state index >= 15 is 0 Å². The second-order valence-electron chi connectivity index (χ2n) is 6.64. The quantitative estimate of drug-likeness (QED) is 0.894. The van der Waals surface area contributed by atoms with Gasteiger partial charge in [0.15, 0.2) is 0 Å². The van der Waals surface area contributed by atoms with Gasteiger partial charge in [0.2, 0.25) is 5.91 Å². The minimum absolute atomic E-state index is 0.101. The number of amides is 1. The molecule has 126 valence electrons. The molecule has 2 heterocycles. The van der Waals surface area contributed by atoms with Crippen LogP contribution in [0.1, 0.15) is 51.4 Å². The second-order valence-corrected chi connectivity index (χ2v) is 6.64. The van der Waals surface area contributed by atoms with Gasteiger partial charge in [-0.25, -0.2) is 0 Å². The van der Waals surface area contributed by atoms with E-state index in [1.807, 2.05) is 12.1 Å². The number of benzene rings is 1. The van der Waals surface area contributed by atoms with E-state index in [0.29, 0.717) is 6.42 Å². The summed E-state index contributed by atoms with van der Waals surface area (Å²) in [4.78, 5) is 14.7. The van der Waals surface area contributed by atoms with Crippen molar-refractivity contribution in [2.24, 2.45) is 0 Å². The lowest BCUT2D eigenvalue weighted by molar-refractivity contribution is -0.117. The Balaban J connectivity index is 1.55. The fraction of sp³-hybridized carbons (Fsp3) is 0.632. The number of hydrogen-bond donors (Lipinski definition) is 1. The van der Waals surface area contributed by atoms with Gasteiger partial charge in [0.25, 0.3) is 0 Å². The van der Waals surface area contributed by atoms with E-state index in [1.165, 1.54) is 25.7 Å². The molecule has 2 fully saturated rings. The van der Waals surface area contributed by atoms with Crippen molar-refractivity contribution in [1.82, 2.24) is 0 Å². The minimum Gasteiger partial charge on any atom is -0.378 e. The normalized spacial score (nSPS) is 21.9. The lowest BCUT2D eigenvalue weighted by Gasteiger charge is -2.30. The maximum atomic E-state index is 12.3. The first-order valence-electron chi connectivity index (χ1n) is 9.08. The Labute approximate surface area is 139 Å². The Morgan fingerprint density at radius 3 is 2.74 bits per heavy atom. The number of para-hydroxylation sites is 2. The zero-order valence-electron chi connectivity index (χ0n) is 13.9. The standard InChI is InChI=1S/C19H28N2O2/c22-19(12-11-16-8-4-7-15-23-16)20-17-9-2-3-10-18(17)21-13-5-1-6-14-21/h2-3,9-10,16H,1,4-8,11-15H2,(H,20,22). The van der Waals surface area contributed by atoms with Gasteiger partial charge >= 0.3 is 0 Å². The van der Waals surface area contributed by atoms with Crippen molar-refractivity contribution in [3.63, 3.8) is 0 Å². The lowest BCUT2D eigenvalue weighted by Crippen LogP contribution is -2.30. The predicted octanol–water partition coefficient (Wildman–Crippen LogP) is 3.96. The number of piperidine rings is 1. The van der Waals surface area contributed by atoms with Crippen molar-refractivity contribution in [3.05, 3.63) is 24.3 Å². The molecule has 4 heteroatoms. The van der Waals surface area contributed by atoms with Crippen LogP contribution in [0.3, 0.4) is 0 Å². The number of hydrogen-bond acceptors (Lipinski definition) is 3. The van der Waals surface area contributed by atoms with Gasteiger partial charge in [-0.05, 0) is 57.1 Å². The monoisotopic (exact) mass is 316 g/mol. The molecule has 0 spiro atoms. The summed E-state index contributed by atoms with van der Waals surface area (Å²) < 4.78 is 5.71. The molecule has 0 saturated carbocycles. The fourth-order valence-electron chi connectivity index (χ4n) is 3.53. The van der Waals surface area contributed by atoms with Crippen LogP contribution < -0.4 is 10.2 Å². The fourth-order valence-corrected chi connectivity index (χ4v) is 3.53. The summed E-state index contributed by atoms with van der Waals surface area (Å²) >= 11 is 0. The molecule has 1 unspecified atom stereocenters. The van der Waals surface area contributed by atoms with E-state index in [-0.39, 0.29) is 12.0 Å². The highest BCUT2D eigenvalue weighted by atomic mass is 16.5. The van der Waals surface area contributed by atoms with Gasteiger partial charge in [-0.15, -0.1) is 0 Å². The molecule has 4 nitrogen and oxygen atoms in total. The molecule has 1 N–H and O–H groups in total. The predicted molar refractivity (Wildman–Crippen MR) is 94.0 cm³/mol. The van der Waals surface area contributed by atoms with E-state index in [4.69, 9.17) is 4.74 Å². The van der Waals surface area contributed by atoms with Gasteiger partial charge in [-0.3, -0.25) is 4.79 Å². The van der Waals surface area contributed by atoms with Gasteiger partial charge in [0.05, 0.1) is 17.5 Å². The summed E-state index contributed by atoms with van der Waals surface area (Å²) in [5, 5.41) is 3.11. The molecule has 0 aromatic heterocycles. The number of nitrogens with zero attached hydrogens (tertiary/aromatic N) is 1. The summed E-state index contributed by atoms with van der Waals surface area (Å²) in [6.07, 6.45) is 8.91. The molecule has 0 bridgehead atoms. The third kappa shape index (κ3) is 4.71. The average Bonchev–Trinajstić information content (AvgIpc) is 2.62. The van der Waals surface area contributed by atoms with E-state index in [0.717, 1.165) is 50.3 Å². The van der Waals surface area contributed by atoms with Crippen molar-refractivity contribution in [1.29, 1.82) is 0 Å². The van der Waals surface area contributed by atoms with Crippen LogP contribution in [0.25, 0.3) is 0 Å². The average molecular weight is 316 g/mol. The van der Waals surface area contributed by atoms with Crippen LogP contribution in [0.2, 0.25) is 0 Å². The molecule has 1 amide bonds. The van der Waals surface area contributed by atoms with E-state index in [1.54, 1.807) is 0 Å². The molecular weight excluding hydrogens is 288 g/mol. The zero-order valence-corrected chi connectivity index (χ0v) is 13.9. The molecule has 1 aromatic carbocycles. The topological polar surface area (TPSA) is 41.6 Å². The number of ether oxygens (including phenoxy) is 1. The minimum atomic E-state index is 0.101. The molecule has 23 heavy (non-hydrogen) atoms. The summed E-state index contributed by atoms with van der Waals surface area (Å²) in [7, 11) is 0. The summed E-state index contributed by atoms with van der Waals surface area (Å²) in [5.74, 6) is 0.101. The van der Waals surface area contributed by atoms with E-state index < -0.39 is 0 Å². The first-order valence-corrected chi connectivity index (χ1v) is 9.08. The maximum absolute atomic E-state index is 12.3. The van der Waals surface area contributed by atoms with Crippen molar-refractivity contribution in [3.8, 4) is 0 Å². The number of carbonyl (C=O) groups excluding carboxylic acids is 1. The highest BCUT2D eigenvalue weighted by Gasteiger charge is 2.17. The number of nitrogens with one attached hydrogen (secondary N) is 1. The van der Waals surface area contributed by atoms with Crippen molar-refractivity contribution < 1.29 is 9.53 Å². The molecule has 2 aliphatic heterocycles. The van der Waals surface area contributed by atoms with Crippen LogP contribution in [0, 0.1) is 0 Å². The second kappa shape index (κ2) is 8.34. The Morgan fingerprint density at radius 2 is 1.96 bits per heavy atom. The van der Waals surface area contributed by atoms with Crippen LogP contribution in [-0.2, 0) is 9.53 Å². The van der Waals surface area contributed by atoms with E-state index in [9.17, 15) is 4.79 Å². The highest BCUT2D eigenvalue weighted by Crippen LogP contribution is 2.28. The first-order chi connectivity index (χ1) is 11.3. The smallest absolute Gasteiger partial charge is 0.224 e. The molecule has 1 aromatic rings. The van der Waals surface area contributed by atoms with Gasteiger partial charge < -0.3 is 15.0 Å². The third-order valence-electron chi connectivity index (χ3n) is 4.84. The Hall–Kier alpha value is -1.55. The zero-order chi connectivity index (χ0) is 15.9. The van der Waals surface area contributed by atoms with Gasteiger partial charge in [0.1, 0.15) is 0 Å². The Kier molecular flexibility index (Phi) is 5.92. The largest absolute Gasteiger partial charge is 0.378 e. The maximum Gasteiger partial charge on any atom is 0.224 e. The van der Waals surface area contributed by atoms with Crippen LogP contribution in [0.4, 0.5) is 11.4 Å². The summed E-state index contributed by atoms with van der Waals surface area (Å²) in [6.45, 7) is 3.02. The third-order valence-corrected chi connectivity index (χ3v) is 4.84. The van der Waals surface area contributed by atoms with Crippen molar-refractivity contribution in [2.45, 2.75) is 57.5 Å². The van der Waals surface area contributed by atoms with Gasteiger partial charge in [0, 0.05) is 26.1 Å². The number of anilines is 2. The summed E-state index contributed by atoms with van der Waals surface area (Å²) in [5.41, 5.74) is 2.11. The molecule has 1 atom stereocenters. The van der Waals surface area contributed by atoms with Gasteiger partial charge in [-0.1, -0.05) is 12.1 Å². The Bertz CT molecular complexity index is 506.